The number of carbonyl (C=O) groups is 1. The predicted molar refractivity (Wildman–Crippen MR) is 114 cm³/mol. The van der Waals surface area contributed by atoms with Gasteiger partial charge in [-0.25, -0.2) is 0 Å². The number of aliphatic hydroxyl groups excluding tert-OH is 2. The Labute approximate surface area is 185 Å². The number of fused-ring (bicyclic) bond motifs is 2. The topological polar surface area (TPSA) is 143 Å². The lowest BCUT2D eigenvalue weighted by Gasteiger charge is -2.45. The molecule has 1 aliphatic heterocycles. The average molecular weight is 446 g/mol. The van der Waals surface area contributed by atoms with Gasteiger partial charge in [-0.3, -0.25) is 9.59 Å². The summed E-state index contributed by atoms with van der Waals surface area (Å²) in [4.78, 5) is 29.0. The highest BCUT2D eigenvalue weighted by atomic mass is 16.6. The number of nitrogens with one attached hydrogen (secondary N) is 1. The zero-order valence-electron chi connectivity index (χ0n) is 18.3. The summed E-state index contributed by atoms with van der Waals surface area (Å²) in [7, 11) is 0. The van der Waals surface area contributed by atoms with Crippen molar-refractivity contribution in [2.24, 2.45) is 29.6 Å². The number of carbonyl (C=O) groups excluding carboxylic acids is 1. The molecule has 32 heavy (non-hydrogen) atoms. The Bertz CT molecular complexity index is 1020. The number of ketones is 1. The van der Waals surface area contributed by atoms with Crippen LogP contribution in [0, 0.1) is 29.6 Å². The number of aromatic nitrogens is 1. The molecule has 10 atom stereocenters. The SMILES string of the molecule is C[C@@H]1C=C[C@@H]2[C@@H](O)[C@H](C)CC[C@H]2[C@@H]1C(=O)c1c(O)c([C@@]2(O)CC[C@@H](O)[C@H]3O[C@H]32)c[nH]c1=O. The minimum Gasteiger partial charge on any atom is -0.507 e. The van der Waals surface area contributed by atoms with Crippen LogP contribution in [0.15, 0.2) is 23.1 Å². The molecule has 5 rings (SSSR count). The Balaban J connectivity index is 1.53. The lowest BCUT2D eigenvalue weighted by Crippen LogP contribution is -2.46. The molecular formula is C24H31NO7. The normalized spacial score (nSPS) is 45.1. The second-order valence-electron chi connectivity index (χ2n) is 10.2. The number of allylic oxidation sites excluding steroid dienone is 1. The zero-order chi connectivity index (χ0) is 22.9. The summed E-state index contributed by atoms with van der Waals surface area (Å²) in [6, 6.07) is 0. The van der Waals surface area contributed by atoms with Crippen molar-refractivity contribution >= 4 is 5.78 Å². The molecule has 5 N–H and O–H groups in total. The van der Waals surface area contributed by atoms with Gasteiger partial charge in [-0.1, -0.05) is 26.0 Å². The van der Waals surface area contributed by atoms with Crippen molar-refractivity contribution in [2.45, 2.75) is 69.5 Å². The molecular weight excluding hydrogens is 414 g/mol. The smallest absolute Gasteiger partial charge is 0.262 e. The summed E-state index contributed by atoms with van der Waals surface area (Å²) >= 11 is 0. The largest absolute Gasteiger partial charge is 0.507 e. The minimum absolute atomic E-state index is 0.0488. The van der Waals surface area contributed by atoms with Crippen LogP contribution in [0.1, 0.15) is 55.5 Å². The first-order valence-electron chi connectivity index (χ1n) is 11.6. The Kier molecular flexibility index (Phi) is 5.13. The Morgan fingerprint density at radius 2 is 1.94 bits per heavy atom. The highest BCUT2D eigenvalue weighted by Crippen LogP contribution is 2.52. The number of aliphatic hydroxyl groups is 3. The number of aromatic hydroxyl groups is 1. The molecule has 3 aliphatic carbocycles. The number of ether oxygens (including phenoxy) is 1. The number of hydrogen-bond acceptors (Lipinski definition) is 7. The van der Waals surface area contributed by atoms with Gasteiger partial charge in [0.05, 0.1) is 12.2 Å². The first kappa shape index (κ1) is 21.8. The van der Waals surface area contributed by atoms with E-state index in [9.17, 15) is 30.0 Å². The molecule has 1 aromatic rings. The summed E-state index contributed by atoms with van der Waals surface area (Å²) in [5.41, 5.74) is -2.59. The van der Waals surface area contributed by atoms with Gasteiger partial charge in [0, 0.05) is 23.6 Å². The molecule has 2 saturated carbocycles. The van der Waals surface area contributed by atoms with Crippen molar-refractivity contribution in [3.8, 4) is 5.75 Å². The first-order chi connectivity index (χ1) is 15.1. The second kappa shape index (κ2) is 7.52. The number of hydrogen-bond donors (Lipinski definition) is 5. The maximum absolute atomic E-state index is 13.7. The Hall–Kier alpha value is -2.00. The van der Waals surface area contributed by atoms with E-state index < -0.39 is 53.0 Å². The Morgan fingerprint density at radius 1 is 1.19 bits per heavy atom. The van der Waals surface area contributed by atoms with Gasteiger partial charge in [-0.15, -0.1) is 0 Å². The highest BCUT2D eigenvalue weighted by Gasteiger charge is 2.62. The lowest BCUT2D eigenvalue weighted by molar-refractivity contribution is -0.0232. The molecule has 8 heteroatoms. The minimum atomic E-state index is -1.59. The molecule has 0 aromatic carbocycles. The van der Waals surface area contributed by atoms with Gasteiger partial charge < -0.3 is 30.1 Å². The van der Waals surface area contributed by atoms with E-state index >= 15 is 0 Å². The number of epoxide rings is 1. The van der Waals surface area contributed by atoms with Gasteiger partial charge in [0.1, 0.15) is 29.1 Å². The summed E-state index contributed by atoms with van der Waals surface area (Å²) in [6.45, 7) is 3.91. The lowest BCUT2D eigenvalue weighted by atomic mass is 9.60. The summed E-state index contributed by atoms with van der Waals surface area (Å²) < 4.78 is 5.45. The number of pyridine rings is 1. The zero-order valence-corrected chi connectivity index (χ0v) is 18.3. The van der Waals surface area contributed by atoms with Crippen LogP contribution in [0.5, 0.6) is 5.75 Å². The summed E-state index contributed by atoms with van der Waals surface area (Å²) in [5.74, 6) is -1.86. The van der Waals surface area contributed by atoms with E-state index in [1.54, 1.807) is 0 Å². The fourth-order valence-electron chi connectivity index (χ4n) is 6.38. The monoisotopic (exact) mass is 445 g/mol. The van der Waals surface area contributed by atoms with Gasteiger partial charge in [-0.05, 0) is 43.4 Å². The summed E-state index contributed by atoms with van der Waals surface area (Å²) in [6.07, 6.45) is 4.66. The molecule has 8 nitrogen and oxygen atoms in total. The molecule has 2 heterocycles. The van der Waals surface area contributed by atoms with Crippen molar-refractivity contribution in [2.75, 3.05) is 0 Å². The third kappa shape index (κ3) is 3.11. The average Bonchev–Trinajstić information content (AvgIpc) is 3.56. The molecule has 174 valence electrons. The van der Waals surface area contributed by atoms with E-state index in [4.69, 9.17) is 4.74 Å². The van der Waals surface area contributed by atoms with E-state index in [-0.39, 0.29) is 47.6 Å². The van der Waals surface area contributed by atoms with Gasteiger partial charge in [-0.2, -0.15) is 0 Å². The standard InChI is InChI=1S/C24H31NO7/c1-10-3-6-13-12(5-4-11(2)18(13)27)16(10)20(29)17-19(28)14(9-25-23(17)30)24(31)8-7-15(26)21-22(24)32-21/h3,6,9-13,15-16,18,21-22,26-27,31H,4-5,7-8H2,1-2H3,(H2,25,28,30)/t10-,11-,12-,13+,15-,16-,18+,21-,22-,24+/m1/s1. The maximum atomic E-state index is 13.7. The quantitative estimate of drug-likeness (QED) is 0.267. The van der Waals surface area contributed by atoms with E-state index in [2.05, 4.69) is 4.98 Å². The van der Waals surface area contributed by atoms with Crippen LogP contribution in [0.25, 0.3) is 0 Å². The van der Waals surface area contributed by atoms with Gasteiger partial charge in [0.25, 0.3) is 5.56 Å². The predicted octanol–water partition coefficient (Wildman–Crippen LogP) is 1.22. The van der Waals surface area contributed by atoms with Crippen LogP contribution < -0.4 is 5.56 Å². The fraction of sp³-hybridized carbons (Fsp3) is 0.667. The number of H-pyrrole nitrogens is 1. The second-order valence-corrected chi connectivity index (χ2v) is 10.2. The van der Waals surface area contributed by atoms with Crippen LogP contribution in [0.4, 0.5) is 0 Å². The molecule has 0 bridgehead atoms. The third-order valence-electron chi connectivity index (χ3n) is 8.37. The van der Waals surface area contributed by atoms with Crippen LogP contribution in [-0.4, -0.2) is 55.6 Å². The number of rotatable bonds is 3. The van der Waals surface area contributed by atoms with E-state index in [1.807, 2.05) is 26.0 Å². The van der Waals surface area contributed by atoms with E-state index in [1.165, 1.54) is 6.20 Å². The number of Topliss-reactive ketones (excluding diaryl/α,β-unsaturated/α-hetero) is 1. The van der Waals surface area contributed by atoms with Crippen molar-refractivity contribution in [1.29, 1.82) is 0 Å². The third-order valence-corrected chi connectivity index (χ3v) is 8.37. The molecule has 1 saturated heterocycles. The fourth-order valence-corrected chi connectivity index (χ4v) is 6.38. The van der Waals surface area contributed by atoms with Crippen molar-refractivity contribution in [1.82, 2.24) is 4.98 Å². The molecule has 0 spiro atoms. The van der Waals surface area contributed by atoms with E-state index in [0.717, 1.165) is 12.8 Å². The summed E-state index contributed by atoms with van der Waals surface area (Å²) in [5, 5.41) is 43.0. The van der Waals surface area contributed by atoms with Crippen LogP contribution in [0.3, 0.4) is 0 Å². The number of aromatic amines is 1. The molecule has 3 fully saturated rings. The van der Waals surface area contributed by atoms with Crippen LogP contribution in [0.2, 0.25) is 0 Å². The molecule has 0 amide bonds. The van der Waals surface area contributed by atoms with Crippen molar-refractivity contribution < 1.29 is 30.0 Å². The van der Waals surface area contributed by atoms with Gasteiger partial charge in [0.2, 0.25) is 0 Å². The molecule has 4 aliphatic rings. The van der Waals surface area contributed by atoms with Crippen molar-refractivity contribution in [3.63, 3.8) is 0 Å². The van der Waals surface area contributed by atoms with Gasteiger partial charge >= 0.3 is 0 Å². The maximum Gasteiger partial charge on any atom is 0.262 e. The van der Waals surface area contributed by atoms with Crippen LogP contribution >= 0.6 is 0 Å². The first-order valence-corrected chi connectivity index (χ1v) is 11.6. The molecule has 0 unspecified atom stereocenters. The molecule has 0 radical (unpaired) electrons. The molecule has 1 aromatic heterocycles. The van der Waals surface area contributed by atoms with Crippen LogP contribution in [-0.2, 0) is 10.3 Å². The highest BCUT2D eigenvalue weighted by molar-refractivity contribution is 6.01. The van der Waals surface area contributed by atoms with E-state index in [0.29, 0.717) is 0 Å². The van der Waals surface area contributed by atoms with Crippen molar-refractivity contribution in [3.05, 3.63) is 39.8 Å². The van der Waals surface area contributed by atoms with Gasteiger partial charge in [0.15, 0.2) is 5.78 Å². The Morgan fingerprint density at radius 3 is 2.69 bits per heavy atom.